The number of halogens is 1. The van der Waals surface area contributed by atoms with Gasteiger partial charge in [0.25, 0.3) is 0 Å². The summed E-state index contributed by atoms with van der Waals surface area (Å²) in [7, 11) is 1.89. The minimum Gasteiger partial charge on any atom is -0.275 e. The summed E-state index contributed by atoms with van der Waals surface area (Å²) < 4.78 is 1.77. The van der Waals surface area contributed by atoms with Crippen molar-refractivity contribution in [3.8, 4) is 0 Å². The van der Waals surface area contributed by atoms with Gasteiger partial charge in [-0.05, 0) is 12.1 Å². The van der Waals surface area contributed by atoms with Crippen molar-refractivity contribution < 1.29 is 0 Å². The summed E-state index contributed by atoms with van der Waals surface area (Å²) in [5.74, 6) is 0. The molecule has 0 N–H and O–H groups in total. The number of hydrogen-bond donors (Lipinski definition) is 0. The zero-order chi connectivity index (χ0) is 9.97. The molecule has 72 valence electrons. The van der Waals surface area contributed by atoms with Gasteiger partial charge in [0, 0.05) is 24.3 Å². The first-order valence-electron chi connectivity index (χ1n) is 4.02. The lowest BCUT2D eigenvalue weighted by molar-refractivity contribution is 0.766. The van der Waals surface area contributed by atoms with Crippen LogP contribution in [0.1, 0.15) is 0 Å². The van der Waals surface area contributed by atoms with Gasteiger partial charge in [-0.25, -0.2) is 4.98 Å². The van der Waals surface area contributed by atoms with Crippen LogP contribution in [0.3, 0.4) is 0 Å². The molecule has 0 radical (unpaired) electrons. The second-order valence-corrected chi connectivity index (χ2v) is 4.30. The summed E-state index contributed by atoms with van der Waals surface area (Å²) in [6.45, 7) is 0. The van der Waals surface area contributed by atoms with Crippen LogP contribution < -0.4 is 0 Å². The Balaban J connectivity index is 2.18. The van der Waals surface area contributed by atoms with E-state index in [1.165, 1.54) is 0 Å². The average molecular weight is 226 g/mol. The largest absolute Gasteiger partial charge is 0.275 e. The fourth-order valence-electron chi connectivity index (χ4n) is 1.04. The van der Waals surface area contributed by atoms with Gasteiger partial charge in [0.1, 0.15) is 5.15 Å². The Labute approximate surface area is 91.1 Å². The lowest BCUT2D eigenvalue weighted by atomic mass is 10.5. The molecule has 0 aliphatic rings. The van der Waals surface area contributed by atoms with Gasteiger partial charge in [-0.2, -0.15) is 5.10 Å². The third-order valence-corrected chi connectivity index (χ3v) is 2.76. The smallest absolute Gasteiger partial charge is 0.130 e. The fraction of sp³-hybridized carbons (Fsp3) is 0.111. The van der Waals surface area contributed by atoms with Gasteiger partial charge in [-0.1, -0.05) is 23.4 Å². The number of aryl methyl sites for hydroxylation is 1. The normalized spacial score (nSPS) is 10.4. The molecule has 0 atom stereocenters. The standard InChI is InChI=1S/C9H8ClN3S/c1-13-6-8(5-12-13)14-7-2-3-11-9(10)4-7/h2-6H,1H3. The van der Waals surface area contributed by atoms with Gasteiger partial charge < -0.3 is 0 Å². The van der Waals surface area contributed by atoms with Crippen LogP contribution in [0, 0.1) is 0 Å². The van der Waals surface area contributed by atoms with Crippen molar-refractivity contribution in [3.05, 3.63) is 35.9 Å². The minimum atomic E-state index is 0.513. The molecule has 14 heavy (non-hydrogen) atoms. The maximum atomic E-state index is 5.77. The monoisotopic (exact) mass is 225 g/mol. The van der Waals surface area contributed by atoms with Crippen molar-refractivity contribution in [2.75, 3.05) is 0 Å². The number of nitrogens with zero attached hydrogens (tertiary/aromatic N) is 3. The molecule has 0 aromatic carbocycles. The van der Waals surface area contributed by atoms with Gasteiger partial charge in [-0.3, -0.25) is 4.68 Å². The lowest BCUT2D eigenvalue weighted by Crippen LogP contribution is -1.83. The first kappa shape index (κ1) is 9.55. The van der Waals surface area contributed by atoms with E-state index in [0.717, 1.165) is 9.79 Å². The summed E-state index contributed by atoms with van der Waals surface area (Å²) in [5.41, 5.74) is 0. The van der Waals surface area contributed by atoms with E-state index in [1.807, 2.05) is 31.6 Å². The van der Waals surface area contributed by atoms with Crippen LogP contribution in [0.2, 0.25) is 5.15 Å². The highest BCUT2D eigenvalue weighted by Gasteiger charge is 2.00. The lowest BCUT2D eigenvalue weighted by Gasteiger charge is -1.97. The highest BCUT2D eigenvalue weighted by Crippen LogP contribution is 2.27. The number of hydrogen-bond acceptors (Lipinski definition) is 3. The van der Waals surface area contributed by atoms with Crippen molar-refractivity contribution in [2.45, 2.75) is 9.79 Å². The molecule has 2 aromatic heterocycles. The van der Waals surface area contributed by atoms with Gasteiger partial charge in [0.15, 0.2) is 0 Å². The summed E-state index contributed by atoms with van der Waals surface area (Å²) in [4.78, 5) is 6.08. The second-order valence-electron chi connectivity index (χ2n) is 2.77. The average Bonchev–Trinajstić information content (AvgIpc) is 2.51. The van der Waals surface area contributed by atoms with E-state index in [0.29, 0.717) is 5.15 Å². The first-order valence-corrected chi connectivity index (χ1v) is 5.21. The van der Waals surface area contributed by atoms with Crippen LogP contribution in [0.15, 0.2) is 40.5 Å². The molecule has 0 fully saturated rings. The molecule has 3 nitrogen and oxygen atoms in total. The van der Waals surface area contributed by atoms with E-state index in [1.54, 1.807) is 22.6 Å². The quantitative estimate of drug-likeness (QED) is 0.737. The van der Waals surface area contributed by atoms with Crippen LogP contribution in [0.4, 0.5) is 0 Å². The Morgan fingerprint density at radius 2 is 2.29 bits per heavy atom. The maximum Gasteiger partial charge on any atom is 0.130 e. The predicted molar refractivity (Wildman–Crippen MR) is 56.6 cm³/mol. The van der Waals surface area contributed by atoms with E-state index in [2.05, 4.69) is 10.1 Å². The summed E-state index contributed by atoms with van der Waals surface area (Å²) >= 11 is 7.39. The predicted octanol–water partition coefficient (Wildman–Crippen LogP) is 2.62. The molecule has 0 saturated carbocycles. The van der Waals surface area contributed by atoms with Gasteiger partial charge in [0.05, 0.1) is 11.1 Å². The summed E-state index contributed by atoms with van der Waals surface area (Å²) in [5, 5.41) is 4.60. The fourth-order valence-corrected chi connectivity index (χ4v) is 2.15. The Morgan fingerprint density at radius 3 is 2.93 bits per heavy atom. The number of aromatic nitrogens is 3. The first-order chi connectivity index (χ1) is 6.74. The number of rotatable bonds is 2. The minimum absolute atomic E-state index is 0.513. The van der Waals surface area contributed by atoms with Gasteiger partial charge in [-0.15, -0.1) is 0 Å². The van der Waals surface area contributed by atoms with E-state index < -0.39 is 0 Å². The van der Waals surface area contributed by atoms with E-state index in [4.69, 9.17) is 11.6 Å². The molecule has 0 bridgehead atoms. The summed E-state index contributed by atoms with van der Waals surface area (Å²) in [6, 6.07) is 3.75. The SMILES string of the molecule is Cn1cc(Sc2ccnc(Cl)c2)cn1. The molecule has 0 spiro atoms. The molecule has 2 heterocycles. The Hall–Kier alpha value is -1.00. The van der Waals surface area contributed by atoms with Crippen molar-refractivity contribution in [1.29, 1.82) is 0 Å². The highest BCUT2D eigenvalue weighted by molar-refractivity contribution is 7.99. The molecular weight excluding hydrogens is 218 g/mol. The Kier molecular flexibility index (Phi) is 2.74. The van der Waals surface area contributed by atoms with Gasteiger partial charge in [0.2, 0.25) is 0 Å². The molecule has 5 heteroatoms. The molecular formula is C9H8ClN3S. The Bertz CT molecular complexity index is 441. The van der Waals surface area contributed by atoms with E-state index >= 15 is 0 Å². The zero-order valence-electron chi connectivity index (χ0n) is 7.51. The van der Waals surface area contributed by atoms with Crippen molar-refractivity contribution in [3.63, 3.8) is 0 Å². The Morgan fingerprint density at radius 1 is 1.43 bits per heavy atom. The highest BCUT2D eigenvalue weighted by atomic mass is 35.5. The third-order valence-electron chi connectivity index (χ3n) is 1.61. The molecule has 2 rings (SSSR count). The van der Waals surface area contributed by atoms with Crippen LogP contribution in [0.25, 0.3) is 0 Å². The topological polar surface area (TPSA) is 30.7 Å². The van der Waals surface area contributed by atoms with E-state index in [9.17, 15) is 0 Å². The van der Waals surface area contributed by atoms with Crippen molar-refractivity contribution in [1.82, 2.24) is 14.8 Å². The summed E-state index contributed by atoms with van der Waals surface area (Å²) in [6.07, 6.45) is 5.47. The molecule has 0 aliphatic heterocycles. The second kappa shape index (κ2) is 4.02. The van der Waals surface area contributed by atoms with Gasteiger partial charge >= 0.3 is 0 Å². The van der Waals surface area contributed by atoms with Crippen molar-refractivity contribution in [2.24, 2.45) is 7.05 Å². The van der Waals surface area contributed by atoms with Crippen molar-refractivity contribution >= 4 is 23.4 Å². The van der Waals surface area contributed by atoms with Crippen LogP contribution in [0.5, 0.6) is 0 Å². The van der Waals surface area contributed by atoms with Crippen LogP contribution >= 0.6 is 23.4 Å². The molecule has 2 aromatic rings. The molecule has 0 saturated heterocycles. The molecule has 0 aliphatic carbocycles. The molecule has 0 amide bonds. The maximum absolute atomic E-state index is 5.77. The van der Waals surface area contributed by atoms with E-state index in [-0.39, 0.29) is 0 Å². The third kappa shape index (κ3) is 2.27. The van der Waals surface area contributed by atoms with Crippen LogP contribution in [-0.2, 0) is 7.05 Å². The number of pyridine rings is 1. The zero-order valence-corrected chi connectivity index (χ0v) is 9.09. The molecule has 0 unspecified atom stereocenters. The van der Waals surface area contributed by atoms with Crippen LogP contribution in [-0.4, -0.2) is 14.8 Å².